The molecule has 1 atom stereocenters. The second-order valence-electron chi connectivity index (χ2n) is 6.51. The lowest BCUT2D eigenvalue weighted by molar-refractivity contribution is -0.385. The molecule has 1 aromatic rings. The topological polar surface area (TPSA) is 118 Å². The first-order valence-electron chi connectivity index (χ1n) is 8.58. The number of pyridine rings is 1. The van der Waals surface area contributed by atoms with Crippen molar-refractivity contribution in [1.82, 2.24) is 19.7 Å². The highest BCUT2D eigenvalue weighted by molar-refractivity contribution is 5.85. The number of nitrogens with zero attached hydrogens (tertiary/aromatic N) is 4. The number of piperazine rings is 1. The van der Waals surface area contributed by atoms with Crippen LogP contribution in [0.4, 0.5) is 5.69 Å². The van der Waals surface area contributed by atoms with E-state index in [4.69, 9.17) is 0 Å². The van der Waals surface area contributed by atoms with Crippen molar-refractivity contribution >= 4 is 29.9 Å². The average molecular weight is 400 g/mol. The SMILES string of the molecule is Cl.O=C(Cn1cc([N+](=O)[O-])ccc1=O)N1CCCC(N2CCNCC2=O)C1. The van der Waals surface area contributed by atoms with Crippen molar-refractivity contribution in [3.05, 3.63) is 38.8 Å². The first-order chi connectivity index (χ1) is 12.5. The van der Waals surface area contributed by atoms with Crippen LogP contribution in [-0.4, -0.2) is 69.9 Å². The fourth-order valence-electron chi connectivity index (χ4n) is 3.44. The zero-order chi connectivity index (χ0) is 18.7. The average Bonchev–Trinajstić information content (AvgIpc) is 2.63. The molecule has 3 rings (SSSR count). The predicted molar refractivity (Wildman–Crippen MR) is 98.8 cm³/mol. The number of halogens is 1. The summed E-state index contributed by atoms with van der Waals surface area (Å²) >= 11 is 0. The van der Waals surface area contributed by atoms with E-state index in [9.17, 15) is 24.5 Å². The van der Waals surface area contributed by atoms with Crippen LogP contribution < -0.4 is 10.9 Å². The van der Waals surface area contributed by atoms with Crippen LogP contribution in [0.3, 0.4) is 0 Å². The molecule has 2 aliphatic heterocycles. The summed E-state index contributed by atoms with van der Waals surface area (Å²) in [5.74, 6) is -0.245. The third kappa shape index (κ3) is 4.83. The molecule has 3 heterocycles. The highest BCUT2D eigenvalue weighted by Crippen LogP contribution is 2.17. The normalized spacial score (nSPS) is 20.1. The van der Waals surface area contributed by atoms with Crippen molar-refractivity contribution in [2.75, 3.05) is 32.7 Å². The van der Waals surface area contributed by atoms with Gasteiger partial charge in [0.1, 0.15) is 6.54 Å². The molecule has 1 N–H and O–H groups in total. The third-order valence-corrected chi connectivity index (χ3v) is 4.80. The van der Waals surface area contributed by atoms with Crippen LogP contribution in [0.2, 0.25) is 0 Å². The lowest BCUT2D eigenvalue weighted by Crippen LogP contribution is -2.57. The minimum atomic E-state index is -0.604. The van der Waals surface area contributed by atoms with Gasteiger partial charge in [0, 0.05) is 44.4 Å². The van der Waals surface area contributed by atoms with Gasteiger partial charge >= 0.3 is 0 Å². The van der Waals surface area contributed by atoms with Gasteiger partial charge in [0.2, 0.25) is 11.8 Å². The number of piperidine rings is 1. The Morgan fingerprint density at radius 2 is 2.07 bits per heavy atom. The van der Waals surface area contributed by atoms with Gasteiger partial charge in [-0.05, 0) is 12.8 Å². The van der Waals surface area contributed by atoms with E-state index in [-0.39, 0.29) is 42.5 Å². The first-order valence-corrected chi connectivity index (χ1v) is 8.58. The highest BCUT2D eigenvalue weighted by atomic mass is 35.5. The Morgan fingerprint density at radius 3 is 2.78 bits per heavy atom. The van der Waals surface area contributed by atoms with Crippen molar-refractivity contribution in [2.45, 2.75) is 25.4 Å². The van der Waals surface area contributed by atoms with E-state index in [1.54, 1.807) is 4.90 Å². The summed E-state index contributed by atoms with van der Waals surface area (Å²) in [6.07, 6.45) is 2.70. The van der Waals surface area contributed by atoms with Crippen molar-refractivity contribution in [3.8, 4) is 0 Å². The van der Waals surface area contributed by atoms with Crippen LogP contribution in [0.25, 0.3) is 0 Å². The summed E-state index contributed by atoms with van der Waals surface area (Å²) in [6.45, 7) is 2.40. The molecule has 1 unspecified atom stereocenters. The van der Waals surface area contributed by atoms with Gasteiger partial charge in [0.05, 0.1) is 17.7 Å². The first kappa shape index (κ1) is 20.8. The maximum Gasteiger partial charge on any atom is 0.285 e. The number of nitrogens with one attached hydrogen (secondary N) is 1. The predicted octanol–water partition coefficient (Wildman–Crippen LogP) is -0.399. The van der Waals surface area contributed by atoms with Gasteiger partial charge in [-0.2, -0.15) is 0 Å². The summed E-state index contributed by atoms with van der Waals surface area (Å²) in [5.41, 5.74) is -0.699. The van der Waals surface area contributed by atoms with Crippen LogP contribution in [0, 0.1) is 10.1 Å². The Hall–Kier alpha value is -2.46. The van der Waals surface area contributed by atoms with E-state index in [0.717, 1.165) is 42.3 Å². The van der Waals surface area contributed by atoms with E-state index in [2.05, 4.69) is 5.32 Å². The summed E-state index contributed by atoms with van der Waals surface area (Å²) in [7, 11) is 0. The van der Waals surface area contributed by atoms with Gasteiger partial charge < -0.3 is 15.1 Å². The molecule has 0 saturated carbocycles. The number of rotatable bonds is 4. The molecule has 10 nitrogen and oxygen atoms in total. The van der Waals surface area contributed by atoms with Gasteiger partial charge in [-0.3, -0.25) is 29.1 Å². The van der Waals surface area contributed by atoms with E-state index in [1.807, 2.05) is 4.90 Å². The summed E-state index contributed by atoms with van der Waals surface area (Å²) in [4.78, 5) is 50.2. The lowest BCUT2D eigenvalue weighted by atomic mass is 10.0. The van der Waals surface area contributed by atoms with Crippen LogP contribution in [-0.2, 0) is 16.1 Å². The fraction of sp³-hybridized carbons (Fsp3) is 0.562. The summed E-state index contributed by atoms with van der Waals surface area (Å²) in [6, 6.07) is 2.18. The zero-order valence-electron chi connectivity index (χ0n) is 14.7. The largest absolute Gasteiger partial charge is 0.339 e. The second-order valence-corrected chi connectivity index (χ2v) is 6.51. The number of hydrogen-bond donors (Lipinski definition) is 1. The molecule has 0 aliphatic carbocycles. The van der Waals surface area contributed by atoms with Crippen LogP contribution >= 0.6 is 12.4 Å². The Balaban J connectivity index is 0.00000261. The van der Waals surface area contributed by atoms with E-state index < -0.39 is 10.5 Å². The van der Waals surface area contributed by atoms with Crippen molar-refractivity contribution in [3.63, 3.8) is 0 Å². The highest BCUT2D eigenvalue weighted by Gasteiger charge is 2.31. The number of hydrogen-bond acceptors (Lipinski definition) is 6. The van der Waals surface area contributed by atoms with Crippen LogP contribution in [0.15, 0.2) is 23.1 Å². The Kier molecular flexibility index (Phi) is 6.92. The van der Waals surface area contributed by atoms with Crippen LogP contribution in [0.1, 0.15) is 12.8 Å². The van der Waals surface area contributed by atoms with Crippen molar-refractivity contribution in [1.29, 1.82) is 0 Å². The van der Waals surface area contributed by atoms with E-state index in [1.165, 1.54) is 0 Å². The molecule has 2 amide bonds. The van der Waals surface area contributed by atoms with Crippen LogP contribution in [0.5, 0.6) is 0 Å². The lowest BCUT2D eigenvalue weighted by Gasteiger charge is -2.41. The number of nitro groups is 1. The Labute approximate surface area is 161 Å². The monoisotopic (exact) mass is 399 g/mol. The van der Waals surface area contributed by atoms with E-state index >= 15 is 0 Å². The third-order valence-electron chi connectivity index (χ3n) is 4.80. The maximum absolute atomic E-state index is 12.6. The van der Waals surface area contributed by atoms with Gasteiger partial charge in [-0.25, -0.2) is 0 Å². The minimum absolute atomic E-state index is 0. The molecule has 2 saturated heterocycles. The Morgan fingerprint density at radius 1 is 1.30 bits per heavy atom. The second kappa shape index (κ2) is 8.96. The van der Waals surface area contributed by atoms with Gasteiger partial charge in [0.25, 0.3) is 11.2 Å². The molecule has 2 aliphatic rings. The number of aromatic nitrogens is 1. The quantitative estimate of drug-likeness (QED) is 0.543. The molecule has 0 bridgehead atoms. The maximum atomic E-state index is 12.6. The fourth-order valence-corrected chi connectivity index (χ4v) is 3.44. The van der Waals surface area contributed by atoms with Gasteiger partial charge in [-0.15, -0.1) is 12.4 Å². The summed E-state index contributed by atoms with van der Waals surface area (Å²) < 4.78 is 1.06. The molecule has 1 aromatic heterocycles. The Bertz CT molecular complexity index is 783. The molecule has 11 heteroatoms. The summed E-state index contributed by atoms with van der Waals surface area (Å²) in [5, 5.41) is 13.9. The molecule has 0 spiro atoms. The number of amides is 2. The number of carbonyl (C=O) groups excluding carboxylic acids is 2. The zero-order valence-corrected chi connectivity index (χ0v) is 15.5. The molecule has 0 radical (unpaired) electrons. The molecule has 2 fully saturated rings. The molecular weight excluding hydrogens is 378 g/mol. The van der Waals surface area contributed by atoms with Gasteiger partial charge in [-0.1, -0.05) is 0 Å². The number of likely N-dealkylation sites (tertiary alicyclic amines) is 1. The smallest absolute Gasteiger partial charge is 0.285 e. The minimum Gasteiger partial charge on any atom is -0.339 e. The number of carbonyl (C=O) groups is 2. The molecule has 148 valence electrons. The van der Waals surface area contributed by atoms with Gasteiger partial charge in [0.15, 0.2) is 0 Å². The van der Waals surface area contributed by atoms with E-state index in [0.29, 0.717) is 26.2 Å². The molecule has 0 aromatic carbocycles. The van der Waals surface area contributed by atoms with Crippen molar-refractivity contribution in [2.24, 2.45) is 0 Å². The standard InChI is InChI=1S/C16H21N5O5.ClH/c22-14-4-3-13(21(25)26)10-19(14)11-16(24)18-6-1-2-12(9-18)20-7-5-17-8-15(20)23;/h3-4,10,12,17H,1-2,5-9,11H2;1H. The molecule has 27 heavy (non-hydrogen) atoms. The molecular formula is C16H22ClN5O5. The van der Waals surface area contributed by atoms with Crippen molar-refractivity contribution < 1.29 is 14.5 Å².